The predicted molar refractivity (Wildman–Crippen MR) is 109 cm³/mol. The highest BCUT2D eigenvalue weighted by molar-refractivity contribution is 7.21. The second-order valence-corrected chi connectivity index (χ2v) is 8.34. The molecular formula is C21H20F3N3OS. The average molecular weight is 419 g/mol. The summed E-state index contributed by atoms with van der Waals surface area (Å²) in [5.41, 5.74) is 8.01. The number of nitrogen functional groups attached to an aromatic ring is 1. The van der Waals surface area contributed by atoms with Gasteiger partial charge in [-0.1, -0.05) is 19.4 Å². The van der Waals surface area contributed by atoms with Crippen LogP contribution in [0.2, 0.25) is 0 Å². The van der Waals surface area contributed by atoms with Gasteiger partial charge in [-0.3, -0.25) is 4.79 Å². The van der Waals surface area contributed by atoms with Crippen molar-refractivity contribution in [3.8, 4) is 0 Å². The second kappa shape index (κ2) is 7.33. The van der Waals surface area contributed by atoms with Gasteiger partial charge in [0.1, 0.15) is 9.71 Å². The molecule has 0 radical (unpaired) electrons. The number of hydrogen-bond acceptors (Lipinski definition) is 4. The first kappa shape index (κ1) is 19.7. The number of nitrogens with zero attached hydrogens (tertiary/aromatic N) is 1. The van der Waals surface area contributed by atoms with E-state index in [-0.39, 0.29) is 10.6 Å². The number of hydrogen-bond donors (Lipinski definition) is 2. The van der Waals surface area contributed by atoms with Gasteiger partial charge in [0.15, 0.2) is 0 Å². The molecule has 3 N–H and O–H groups in total. The van der Waals surface area contributed by atoms with Crippen LogP contribution < -0.4 is 11.1 Å². The van der Waals surface area contributed by atoms with E-state index < -0.39 is 17.6 Å². The molecule has 1 aliphatic carbocycles. The normalized spacial score (nSPS) is 16.6. The molecule has 1 aliphatic rings. The van der Waals surface area contributed by atoms with Gasteiger partial charge >= 0.3 is 6.18 Å². The topological polar surface area (TPSA) is 68.0 Å². The number of anilines is 2. The minimum atomic E-state index is -4.48. The molecule has 1 amide bonds. The Bertz CT molecular complexity index is 1090. The maximum Gasteiger partial charge on any atom is 0.416 e. The Balaban J connectivity index is 1.64. The van der Waals surface area contributed by atoms with Crippen LogP contribution in [0, 0.1) is 5.92 Å². The molecule has 0 bridgehead atoms. The second-order valence-electron chi connectivity index (χ2n) is 7.34. The van der Waals surface area contributed by atoms with Crippen LogP contribution in [0.5, 0.6) is 0 Å². The number of fused-ring (bicyclic) bond motifs is 2. The molecule has 2 heterocycles. The zero-order valence-electron chi connectivity index (χ0n) is 15.8. The van der Waals surface area contributed by atoms with Crippen molar-refractivity contribution in [2.75, 3.05) is 11.1 Å². The van der Waals surface area contributed by atoms with Crippen LogP contribution in [0.25, 0.3) is 10.2 Å². The third-order valence-electron chi connectivity index (χ3n) is 5.42. The molecule has 1 atom stereocenters. The third kappa shape index (κ3) is 3.81. The van der Waals surface area contributed by atoms with Gasteiger partial charge in [-0.15, -0.1) is 11.3 Å². The Labute approximate surface area is 169 Å². The SMILES string of the molecule is CC[C@H]1CCc2nc3sc(C(=O)Nc4cccc(C(F)(F)F)c4)c(N)c3cc2C1. The number of pyridine rings is 1. The minimum Gasteiger partial charge on any atom is -0.397 e. The van der Waals surface area contributed by atoms with Crippen LogP contribution in [0.15, 0.2) is 30.3 Å². The Kier molecular flexibility index (Phi) is 4.98. The van der Waals surface area contributed by atoms with E-state index in [1.165, 1.54) is 29.0 Å². The number of aromatic nitrogens is 1. The summed E-state index contributed by atoms with van der Waals surface area (Å²) >= 11 is 1.17. The van der Waals surface area contributed by atoms with Gasteiger partial charge in [0, 0.05) is 16.8 Å². The summed E-state index contributed by atoms with van der Waals surface area (Å²) in [6.45, 7) is 2.18. The maximum absolute atomic E-state index is 12.9. The standard InChI is InChI=1S/C21H20F3N3OS/c1-2-11-6-7-16-12(8-11)9-15-17(25)18(29-20(15)27-16)19(28)26-14-5-3-4-13(10-14)21(22,23)24/h3-5,9-11H,2,6-8,25H2,1H3,(H,26,28)/t11-/m0/s1. The molecule has 0 aliphatic heterocycles. The number of aryl methyl sites for hydroxylation is 1. The van der Waals surface area contributed by atoms with Crippen molar-refractivity contribution in [3.05, 3.63) is 52.0 Å². The fourth-order valence-corrected chi connectivity index (χ4v) is 4.74. The summed E-state index contributed by atoms with van der Waals surface area (Å²) in [6.07, 6.45) is -0.396. The number of carbonyl (C=O) groups excluding carboxylic acids is 1. The Morgan fingerprint density at radius 2 is 2.14 bits per heavy atom. The van der Waals surface area contributed by atoms with Crippen LogP contribution in [0.4, 0.5) is 24.5 Å². The van der Waals surface area contributed by atoms with Gasteiger partial charge in [-0.25, -0.2) is 4.98 Å². The molecule has 0 saturated heterocycles. The fourth-order valence-electron chi connectivity index (χ4n) is 3.74. The van der Waals surface area contributed by atoms with Crippen molar-refractivity contribution in [2.24, 2.45) is 5.92 Å². The summed E-state index contributed by atoms with van der Waals surface area (Å²) in [5, 5.41) is 3.26. The Morgan fingerprint density at radius 1 is 1.34 bits per heavy atom. The van der Waals surface area contributed by atoms with Crippen molar-refractivity contribution in [3.63, 3.8) is 0 Å². The third-order valence-corrected chi connectivity index (χ3v) is 6.53. The van der Waals surface area contributed by atoms with Crippen LogP contribution in [0.3, 0.4) is 0 Å². The molecule has 4 rings (SSSR count). The summed E-state index contributed by atoms with van der Waals surface area (Å²) in [5.74, 6) is 0.0968. The molecule has 2 aromatic heterocycles. The van der Waals surface area contributed by atoms with Gasteiger partial charge in [-0.05, 0) is 55.0 Å². The van der Waals surface area contributed by atoms with Crippen LogP contribution in [0.1, 0.15) is 46.3 Å². The van der Waals surface area contributed by atoms with E-state index in [4.69, 9.17) is 10.7 Å². The van der Waals surface area contributed by atoms with E-state index in [1.807, 2.05) is 6.07 Å². The average Bonchev–Trinajstić information content (AvgIpc) is 3.01. The first-order chi connectivity index (χ1) is 13.8. The van der Waals surface area contributed by atoms with E-state index in [9.17, 15) is 18.0 Å². The van der Waals surface area contributed by atoms with E-state index in [0.29, 0.717) is 16.4 Å². The van der Waals surface area contributed by atoms with E-state index in [0.717, 1.165) is 48.9 Å². The molecule has 4 nitrogen and oxygen atoms in total. The fraction of sp³-hybridized carbons (Fsp3) is 0.333. The molecule has 3 aromatic rings. The molecule has 0 spiro atoms. The molecule has 0 fully saturated rings. The molecule has 1 aromatic carbocycles. The lowest BCUT2D eigenvalue weighted by molar-refractivity contribution is -0.137. The van der Waals surface area contributed by atoms with E-state index >= 15 is 0 Å². The molecule has 29 heavy (non-hydrogen) atoms. The van der Waals surface area contributed by atoms with Crippen LogP contribution >= 0.6 is 11.3 Å². The number of carbonyl (C=O) groups is 1. The first-order valence-electron chi connectivity index (χ1n) is 9.45. The van der Waals surface area contributed by atoms with Crippen molar-refractivity contribution in [1.82, 2.24) is 4.98 Å². The first-order valence-corrected chi connectivity index (χ1v) is 10.3. The van der Waals surface area contributed by atoms with Crippen molar-refractivity contribution < 1.29 is 18.0 Å². The smallest absolute Gasteiger partial charge is 0.397 e. The monoisotopic (exact) mass is 419 g/mol. The number of amides is 1. The number of nitrogens with one attached hydrogen (secondary N) is 1. The van der Waals surface area contributed by atoms with Crippen LogP contribution in [-0.2, 0) is 19.0 Å². The molecular weight excluding hydrogens is 399 g/mol. The number of rotatable bonds is 3. The highest BCUT2D eigenvalue weighted by Gasteiger charge is 2.30. The lowest BCUT2D eigenvalue weighted by atomic mass is 9.85. The predicted octanol–water partition coefficient (Wildman–Crippen LogP) is 5.66. The van der Waals surface area contributed by atoms with Gasteiger partial charge < -0.3 is 11.1 Å². The lowest BCUT2D eigenvalue weighted by Crippen LogP contribution is -2.14. The Morgan fingerprint density at radius 3 is 2.86 bits per heavy atom. The van der Waals surface area contributed by atoms with E-state index in [2.05, 4.69) is 12.2 Å². The number of nitrogens with two attached hydrogens (primary N) is 1. The van der Waals surface area contributed by atoms with Crippen LogP contribution in [-0.4, -0.2) is 10.9 Å². The number of alkyl halides is 3. The zero-order chi connectivity index (χ0) is 20.8. The van der Waals surface area contributed by atoms with Gasteiger partial charge in [0.25, 0.3) is 5.91 Å². The molecule has 0 unspecified atom stereocenters. The summed E-state index contributed by atoms with van der Waals surface area (Å²) in [4.78, 5) is 18.4. The summed E-state index contributed by atoms with van der Waals surface area (Å²) in [6, 6.07) is 6.56. The van der Waals surface area contributed by atoms with Gasteiger partial charge in [-0.2, -0.15) is 13.2 Å². The van der Waals surface area contributed by atoms with Crippen molar-refractivity contribution in [2.45, 2.75) is 38.8 Å². The highest BCUT2D eigenvalue weighted by atomic mass is 32.1. The van der Waals surface area contributed by atoms with Crippen molar-refractivity contribution >= 4 is 38.8 Å². The largest absolute Gasteiger partial charge is 0.416 e. The quantitative estimate of drug-likeness (QED) is 0.575. The van der Waals surface area contributed by atoms with Gasteiger partial charge in [0.2, 0.25) is 0 Å². The molecule has 152 valence electrons. The van der Waals surface area contributed by atoms with E-state index in [1.54, 1.807) is 0 Å². The minimum absolute atomic E-state index is 0.0692. The number of halogens is 3. The summed E-state index contributed by atoms with van der Waals surface area (Å²) < 4.78 is 38.7. The maximum atomic E-state index is 12.9. The highest BCUT2D eigenvalue weighted by Crippen LogP contribution is 2.37. The summed E-state index contributed by atoms with van der Waals surface area (Å²) in [7, 11) is 0. The number of benzene rings is 1. The lowest BCUT2D eigenvalue weighted by Gasteiger charge is -2.22. The zero-order valence-corrected chi connectivity index (χ0v) is 16.6. The number of thiophene rings is 1. The molecule has 8 heteroatoms. The Hall–Kier alpha value is -2.61. The van der Waals surface area contributed by atoms with Gasteiger partial charge in [0.05, 0.1) is 11.3 Å². The van der Waals surface area contributed by atoms with Crippen molar-refractivity contribution in [1.29, 1.82) is 0 Å². The molecule has 0 saturated carbocycles.